The summed E-state index contributed by atoms with van der Waals surface area (Å²) in [4.78, 5) is 0. The van der Waals surface area contributed by atoms with Crippen LogP contribution in [-0.4, -0.2) is 19.8 Å². The maximum atomic E-state index is 12.6. The van der Waals surface area contributed by atoms with Crippen LogP contribution >= 0.6 is 7.60 Å². The lowest BCUT2D eigenvalue weighted by molar-refractivity contribution is 0.110. The molecule has 0 saturated heterocycles. The molecular weight excluding hydrogens is 347 g/mol. The van der Waals surface area contributed by atoms with Crippen molar-refractivity contribution in [2.45, 2.75) is 52.6 Å². The first-order valence-corrected chi connectivity index (χ1v) is 11.2. The van der Waals surface area contributed by atoms with E-state index in [2.05, 4.69) is 13.0 Å². The van der Waals surface area contributed by atoms with Gasteiger partial charge in [-0.15, -0.1) is 0 Å². The SMILES string of the molecule is CCCCC/C=C/CO[C@@H](/C=C/P(=O)(OCC)OCC)c1ccccc1. The van der Waals surface area contributed by atoms with Crippen molar-refractivity contribution < 1.29 is 18.3 Å². The molecule has 26 heavy (non-hydrogen) atoms. The summed E-state index contributed by atoms with van der Waals surface area (Å²) in [5, 5.41) is 0. The number of benzene rings is 1. The van der Waals surface area contributed by atoms with Crippen molar-refractivity contribution in [3.05, 3.63) is 59.9 Å². The molecule has 0 bridgehead atoms. The predicted octanol–water partition coefficient (Wildman–Crippen LogP) is 6.66. The Morgan fingerprint density at radius 3 is 2.31 bits per heavy atom. The van der Waals surface area contributed by atoms with E-state index in [4.69, 9.17) is 13.8 Å². The molecule has 5 heteroatoms. The highest BCUT2D eigenvalue weighted by Gasteiger charge is 2.20. The van der Waals surface area contributed by atoms with E-state index in [9.17, 15) is 4.57 Å². The van der Waals surface area contributed by atoms with Gasteiger partial charge in [0.25, 0.3) is 0 Å². The van der Waals surface area contributed by atoms with Crippen molar-refractivity contribution >= 4 is 7.60 Å². The van der Waals surface area contributed by atoms with E-state index in [-0.39, 0.29) is 6.10 Å². The van der Waals surface area contributed by atoms with E-state index in [0.717, 1.165) is 12.0 Å². The molecule has 0 aliphatic rings. The Hall–Kier alpha value is -1.19. The molecule has 1 atom stereocenters. The van der Waals surface area contributed by atoms with Crippen molar-refractivity contribution in [3.63, 3.8) is 0 Å². The van der Waals surface area contributed by atoms with E-state index < -0.39 is 7.60 Å². The third-order valence-corrected chi connectivity index (χ3v) is 5.48. The monoisotopic (exact) mass is 380 g/mol. The smallest absolute Gasteiger partial charge is 0.353 e. The molecule has 0 aliphatic carbocycles. The second-order valence-electron chi connectivity index (χ2n) is 5.85. The average molecular weight is 380 g/mol. The van der Waals surface area contributed by atoms with E-state index in [0.29, 0.717) is 19.8 Å². The van der Waals surface area contributed by atoms with Gasteiger partial charge < -0.3 is 13.8 Å². The summed E-state index contributed by atoms with van der Waals surface area (Å²) in [6.45, 7) is 6.97. The number of hydrogen-bond acceptors (Lipinski definition) is 4. The molecule has 146 valence electrons. The van der Waals surface area contributed by atoms with Crippen LogP contribution in [0.15, 0.2) is 54.4 Å². The van der Waals surface area contributed by atoms with Gasteiger partial charge in [0.2, 0.25) is 0 Å². The van der Waals surface area contributed by atoms with Crippen molar-refractivity contribution in [2.24, 2.45) is 0 Å². The lowest BCUT2D eigenvalue weighted by Crippen LogP contribution is -2.02. The Morgan fingerprint density at radius 2 is 1.69 bits per heavy atom. The third kappa shape index (κ3) is 9.49. The fourth-order valence-electron chi connectivity index (χ4n) is 2.43. The molecule has 0 fully saturated rings. The molecule has 0 amide bonds. The molecule has 1 aromatic rings. The molecule has 0 N–H and O–H groups in total. The highest BCUT2D eigenvalue weighted by atomic mass is 31.2. The van der Waals surface area contributed by atoms with Gasteiger partial charge in [-0.2, -0.15) is 0 Å². The van der Waals surface area contributed by atoms with Crippen molar-refractivity contribution in [3.8, 4) is 0 Å². The van der Waals surface area contributed by atoms with Crippen LogP contribution in [0.5, 0.6) is 0 Å². The first-order chi connectivity index (χ1) is 12.6. The minimum atomic E-state index is -3.23. The Kier molecular flexibility index (Phi) is 12.3. The second kappa shape index (κ2) is 13.9. The standard InChI is InChI=1S/C21H33O4P/c1-4-7-8-9-10-14-18-23-21(20-15-12-11-13-16-20)17-19-26(22,24-5-2)25-6-3/h10-17,19,21H,4-9,18H2,1-3H3/b14-10+,19-17+/t21-/m0/s1. The summed E-state index contributed by atoms with van der Waals surface area (Å²) in [7, 11) is -3.23. The van der Waals surface area contributed by atoms with Gasteiger partial charge in [-0.25, -0.2) is 0 Å². The fourth-order valence-corrected chi connectivity index (χ4v) is 3.76. The number of rotatable bonds is 14. The van der Waals surface area contributed by atoms with Gasteiger partial charge in [-0.3, -0.25) is 4.57 Å². The van der Waals surface area contributed by atoms with Crippen LogP contribution in [0.4, 0.5) is 0 Å². The maximum absolute atomic E-state index is 12.6. The molecule has 1 rings (SSSR count). The molecule has 0 aliphatic heterocycles. The highest BCUT2D eigenvalue weighted by molar-refractivity contribution is 7.57. The summed E-state index contributed by atoms with van der Waals surface area (Å²) in [6.07, 6.45) is 10.4. The van der Waals surface area contributed by atoms with Crippen LogP contribution in [0.2, 0.25) is 0 Å². The number of hydrogen-bond donors (Lipinski definition) is 0. The van der Waals surface area contributed by atoms with Gasteiger partial charge in [0.15, 0.2) is 0 Å². The quantitative estimate of drug-likeness (QED) is 0.206. The maximum Gasteiger partial charge on any atom is 0.353 e. The first kappa shape index (κ1) is 22.9. The van der Waals surface area contributed by atoms with Crippen molar-refractivity contribution in [2.75, 3.05) is 19.8 Å². The molecule has 4 nitrogen and oxygen atoms in total. The molecule has 0 saturated carbocycles. The molecular formula is C21H33O4P. The van der Waals surface area contributed by atoms with Gasteiger partial charge in [0.1, 0.15) is 6.10 Å². The van der Waals surface area contributed by atoms with Gasteiger partial charge >= 0.3 is 7.60 Å². The van der Waals surface area contributed by atoms with Crippen LogP contribution in [0.1, 0.15) is 58.1 Å². The summed E-state index contributed by atoms with van der Waals surface area (Å²) < 4.78 is 29.2. The minimum Gasteiger partial charge on any atom is -0.365 e. The Morgan fingerprint density at radius 1 is 1.00 bits per heavy atom. The lowest BCUT2D eigenvalue weighted by atomic mass is 10.1. The van der Waals surface area contributed by atoms with Crippen LogP contribution in [0.25, 0.3) is 0 Å². The van der Waals surface area contributed by atoms with E-state index in [1.54, 1.807) is 19.9 Å². The third-order valence-electron chi connectivity index (χ3n) is 3.70. The number of unbranched alkanes of at least 4 members (excludes halogenated alkanes) is 3. The first-order valence-electron chi connectivity index (χ1n) is 9.54. The molecule has 0 heterocycles. The number of ether oxygens (including phenoxy) is 1. The summed E-state index contributed by atoms with van der Waals surface area (Å²) in [5.74, 6) is 1.52. The molecule has 0 spiro atoms. The van der Waals surface area contributed by atoms with Crippen LogP contribution in [0, 0.1) is 0 Å². The van der Waals surface area contributed by atoms with Crippen molar-refractivity contribution in [1.29, 1.82) is 0 Å². The number of allylic oxidation sites excluding steroid dienone is 1. The topological polar surface area (TPSA) is 44.8 Å². The zero-order chi connectivity index (χ0) is 19.1. The molecule has 0 unspecified atom stereocenters. The fraction of sp³-hybridized carbons (Fsp3) is 0.524. The Bertz CT molecular complexity index is 559. The lowest BCUT2D eigenvalue weighted by Gasteiger charge is -2.16. The average Bonchev–Trinajstić information content (AvgIpc) is 2.64. The molecule has 1 aromatic carbocycles. The van der Waals surface area contributed by atoms with Gasteiger partial charge in [0.05, 0.1) is 19.8 Å². The van der Waals surface area contributed by atoms with Gasteiger partial charge in [0, 0.05) is 5.82 Å². The minimum absolute atomic E-state index is 0.300. The summed E-state index contributed by atoms with van der Waals surface area (Å²) in [5.41, 5.74) is 1.00. The predicted molar refractivity (Wildman–Crippen MR) is 108 cm³/mol. The van der Waals surface area contributed by atoms with E-state index >= 15 is 0 Å². The van der Waals surface area contributed by atoms with Crippen LogP contribution in [0.3, 0.4) is 0 Å². The normalized spacial score (nSPS) is 13.7. The van der Waals surface area contributed by atoms with Crippen molar-refractivity contribution in [1.82, 2.24) is 0 Å². The zero-order valence-corrected chi connectivity index (χ0v) is 17.2. The van der Waals surface area contributed by atoms with E-state index in [1.807, 2.05) is 36.4 Å². The largest absolute Gasteiger partial charge is 0.365 e. The molecule has 0 radical (unpaired) electrons. The Balaban J connectivity index is 2.73. The second-order valence-corrected chi connectivity index (χ2v) is 7.74. The Labute approximate surface area is 158 Å². The zero-order valence-electron chi connectivity index (χ0n) is 16.3. The van der Waals surface area contributed by atoms with Gasteiger partial charge in [-0.1, -0.05) is 62.2 Å². The van der Waals surface area contributed by atoms with E-state index in [1.165, 1.54) is 25.1 Å². The summed E-state index contributed by atoms with van der Waals surface area (Å²) >= 11 is 0. The summed E-state index contributed by atoms with van der Waals surface area (Å²) in [6, 6.07) is 9.87. The van der Waals surface area contributed by atoms with Gasteiger partial charge in [-0.05, 0) is 38.3 Å². The van der Waals surface area contributed by atoms with Crippen LogP contribution < -0.4 is 0 Å². The van der Waals surface area contributed by atoms with Crippen LogP contribution in [-0.2, 0) is 18.3 Å². The highest BCUT2D eigenvalue weighted by Crippen LogP contribution is 2.50. The molecule has 0 aromatic heterocycles.